The van der Waals surface area contributed by atoms with E-state index in [0.717, 1.165) is 19.0 Å². The second-order valence-electron chi connectivity index (χ2n) is 5.75. The minimum Gasteiger partial charge on any atom is -0.383 e. The van der Waals surface area contributed by atoms with E-state index >= 15 is 0 Å². The summed E-state index contributed by atoms with van der Waals surface area (Å²) in [6, 6.07) is 8.73. The number of nitrogens with zero attached hydrogens (tertiary/aromatic N) is 3. The Morgan fingerprint density at radius 3 is 2.67 bits per heavy atom. The van der Waals surface area contributed by atoms with Gasteiger partial charge in [0.2, 0.25) is 0 Å². The normalized spacial score (nSPS) is 12.9. The van der Waals surface area contributed by atoms with E-state index in [1.54, 1.807) is 13.3 Å². The third kappa shape index (κ3) is 6.04. The molecule has 6 nitrogen and oxygen atoms in total. The fraction of sp³-hybridized carbons (Fsp3) is 0.444. The van der Waals surface area contributed by atoms with Crippen LogP contribution < -0.4 is 10.6 Å². The van der Waals surface area contributed by atoms with E-state index in [0.29, 0.717) is 13.2 Å². The zero-order valence-electron chi connectivity index (χ0n) is 14.7. The van der Waals surface area contributed by atoms with Crippen LogP contribution in [0, 0.1) is 0 Å². The molecular formula is C18H27N5O. The maximum Gasteiger partial charge on any atom is 0.191 e. The maximum atomic E-state index is 5.15. The van der Waals surface area contributed by atoms with Crippen molar-refractivity contribution in [2.24, 2.45) is 4.99 Å². The van der Waals surface area contributed by atoms with Crippen LogP contribution in [0.5, 0.6) is 0 Å². The molecule has 0 aliphatic heterocycles. The number of hydrogen-bond donors (Lipinski definition) is 2. The predicted molar refractivity (Wildman–Crippen MR) is 97.1 cm³/mol. The van der Waals surface area contributed by atoms with Gasteiger partial charge in [-0.2, -0.15) is 0 Å². The second-order valence-corrected chi connectivity index (χ2v) is 5.75. The Bertz CT molecular complexity index is 607. The Balaban J connectivity index is 1.92. The summed E-state index contributed by atoms with van der Waals surface area (Å²) in [5.41, 5.74) is 2.43. The summed E-state index contributed by atoms with van der Waals surface area (Å²) in [6.45, 7) is 7.08. The highest BCUT2D eigenvalue weighted by Crippen LogP contribution is 2.07. The Morgan fingerprint density at radius 2 is 2.04 bits per heavy atom. The largest absolute Gasteiger partial charge is 0.383 e. The van der Waals surface area contributed by atoms with Gasteiger partial charge in [-0.05, 0) is 25.0 Å². The summed E-state index contributed by atoms with van der Waals surface area (Å²) in [5.74, 6) is 0.810. The zero-order valence-corrected chi connectivity index (χ0v) is 14.7. The number of hydrogen-bond acceptors (Lipinski definition) is 3. The van der Waals surface area contributed by atoms with Gasteiger partial charge in [0.05, 0.1) is 19.5 Å². The third-order valence-electron chi connectivity index (χ3n) is 3.51. The van der Waals surface area contributed by atoms with E-state index in [9.17, 15) is 0 Å². The molecule has 24 heavy (non-hydrogen) atoms. The van der Waals surface area contributed by atoms with Gasteiger partial charge >= 0.3 is 0 Å². The highest BCUT2D eigenvalue weighted by molar-refractivity contribution is 5.80. The van der Waals surface area contributed by atoms with Crippen molar-refractivity contribution in [3.8, 4) is 0 Å². The Labute approximate surface area is 144 Å². The summed E-state index contributed by atoms with van der Waals surface area (Å²) in [4.78, 5) is 8.70. The van der Waals surface area contributed by atoms with E-state index in [1.165, 1.54) is 11.1 Å². The van der Waals surface area contributed by atoms with Crippen molar-refractivity contribution in [3.05, 3.63) is 54.1 Å². The molecule has 0 amide bonds. The molecule has 0 saturated carbocycles. The molecule has 2 N–H and O–H groups in total. The lowest BCUT2D eigenvalue weighted by molar-refractivity contribution is 0.179. The van der Waals surface area contributed by atoms with Crippen molar-refractivity contribution in [2.75, 3.05) is 20.3 Å². The zero-order chi connectivity index (χ0) is 17.2. The van der Waals surface area contributed by atoms with Gasteiger partial charge in [0.25, 0.3) is 0 Å². The van der Waals surface area contributed by atoms with Gasteiger partial charge in [-0.15, -0.1) is 0 Å². The minimum atomic E-state index is 0.213. The average molecular weight is 329 g/mol. The minimum absolute atomic E-state index is 0.213. The second kappa shape index (κ2) is 9.72. The molecule has 1 aromatic heterocycles. The van der Waals surface area contributed by atoms with Crippen LogP contribution in [0.25, 0.3) is 0 Å². The average Bonchev–Trinajstić information content (AvgIpc) is 3.07. The first-order valence-corrected chi connectivity index (χ1v) is 8.28. The quantitative estimate of drug-likeness (QED) is 0.574. The summed E-state index contributed by atoms with van der Waals surface area (Å²) in [5, 5.41) is 6.59. The monoisotopic (exact) mass is 329 g/mol. The molecule has 0 spiro atoms. The van der Waals surface area contributed by atoms with Crippen molar-refractivity contribution < 1.29 is 4.74 Å². The van der Waals surface area contributed by atoms with Crippen LogP contribution in [0.15, 0.2) is 48.0 Å². The van der Waals surface area contributed by atoms with Crippen LogP contribution in [0.1, 0.15) is 25.0 Å². The summed E-state index contributed by atoms with van der Waals surface area (Å²) in [7, 11) is 1.70. The van der Waals surface area contributed by atoms with E-state index < -0.39 is 0 Å². The van der Waals surface area contributed by atoms with Crippen LogP contribution in [0.2, 0.25) is 0 Å². The lowest BCUT2D eigenvalue weighted by atomic mass is 10.1. The molecule has 0 fully saturated rings. The van der Waals surface area contributed by atoms with Gasteiger partial charge in [0, 0.05) is 38.6 Å². The van der Waals surface area contributed by atoms with Gasteiger partial charge < -0.3 is 19.9 Å². The molecule has 0 aliphatic carbocycles. The van der Waals surface area contributed by atoms with Crippen LogP contribution in [0.4, 0.5) is 0 Å². The van der Waals surface area contributed by atoms with Crippen molar-refractivity contribution in [2.45, 2.75) is 33.0 Å². The number of rotatable bonds is 8. The smallest absolute Gasteiger partial charge is 0.191 e. The molecule has 0 radical (unpaired) electrons. The van der Waals surface area contributed by atoms with Crippen molar-refractivity contribution in [3.63, 3.8) is 0 Å². The molecule has 1 atom stereocenters. The molecular weight excluding hydrogens is 302 g/mol. The Morgan fingerprint density at radius 1 is 1.29 bits per heavy atom. The summed E-state index contributed by atoms with van der Waals surface area (Å²) >= 11 is 0. The molecule has 0 bridgehead atoms. The number of aliphatic imine (C=N–C) groups is 1. The molecule has 2 rings (SSSR count). The topological polar surface area (TPSA) is 63.5 Å². The van der Waals surface area contributed by atoms with E-state index in [1.807, 2.05) is 12.5 Å². The molecule has 1 unspecified atom stereocenters. The number of ether oxygens (including phenoxy) is 1. The standard InChI is InChI=1S/C18H27N5O/c1-4-20-18(22-15(2)13-24-3)21-11-16-5-7-17(8-6-16)12-23-10-9-19-14-23/h5-10,14-15H,4,11-13H2,1-3H3,(H2,20,21,22). The number of aromatic nitrogens is 2. The van der Waals surface area contributed by atoms with Crippen molar-refractivity contribution >= 4 is 5.96 Å². The SMILES string of the molecule is CCNC(=NCc1ccc(Cn2ccnc2)cc1)NC(C)COC. The molecule has 1 heterocycles. The summed E-state index contributed by atoms with van der Waals surface area (Å²) in [6.07, 6.45) is 5.59. The summed E-state index contributed by atoms with van der Waals surface area (Å²) < 4.78 is 7.20. The third-order valence-corrected chi connectivity index (χ3v) is 3.51. The van der Waals surface area contributed by atoms with Crippen LogP contribution in [-0.4, -0.2) is 41.8 Å². The van der Waals surface area contributed by atoms with Crippen molar-refractivity contribution in [1.29, 1.82) is 0 Å². The van der Waals surface area contributed by atoms with Gasteiger partial charge in [-0.25, -0.2) is 9.98 Å². The van der Waals surface area contributed by atoms with Crippen LogP contribution in [0.3, 0.4) is 0 Å². The van der Waals surface area contributed by atoms with E-state index in [-0.39, 0.29) is 6.04 Å². The Hall–Kier alpha value is -2.34. The Kier molecular flexibility index (Phi) is 7.29. The van der Waals surface area contributed by atoms with Gasteiger partial charge in [-0.1, -0.05) is 24.3 Å². The molecule has 6 heteroatoms. The van der Waals surface area contributed by atoms with Gasteiger partial charge in [-0.3, -0.25) is 0 Å². The van der Waals surface area contributed by atoms with Gasteiger partial charge in [0.1, 0.15) is 0 Å². The van der Waals surface area contributed by atoms with Crippen LogP contribution in [-0.2, 0) is 17.8 Å². The number of nitrogens with one attached hydrogen (secondary N) is 2. The van der Waals surface area contributed by atoms with Crippen molar-refractivity contribution in [1.82, 2.24) is 20.2 Å². The first-order chi connectivity index (χ1) is 11.7. The molecule has 130 valence electrons. The first kappa shape index (κ1) is 18.0. The van der Waals surface area contributed by atoms with E-state index in [4.69, 9.17) is 4.74 Å². The number of methoxy groups -OCH3 is 1. The highest BCUT2D eigenvalue weighted by atomic mass is 16.5. The molecule has 0 aliphatic rings. The fourth-order valence-corrected chi connectivity index (χ4v) is 2.36. The maximum absolute atomic E-state index is 5.15. The number of guanidine groups is 1. The van der Waals surface area contributed by atoms with E-state index in [2.05, 4.69) is 63.3 Å². The molecule has 0 saturated heterocycles. The first-order valence-electron chi connectivity index (χ1n) is 8.28. The van der Waals surface area contributed by atoms with Crippen LogP contribution >= 0.6 is 0 Å². The lowest BCUT2D eigenvalue weighted by Gasteiger charge is -2.17. The number of imidazole rings is 1. The number of benzene rings is 1. The molecule has 1 aromatic carbocycles. The molecule has 2 aromatic rings. The fourth-order valence-electron chi connectivity index (χ4n) is 2.36. The highest BCUT2D eigenvalue weighted by Gasteiger charge is 2.04. The van der Waals surface area contributed by atoms with Gasteiger partial charge in [0.15, 0.2) is 5.96 Å². The predicted octanol–water partition coefficient (Wildman–Crippen LogP) is 2.02. The lowest BCUT2D eigenvalue weighted by Crippen LogP contribution is -2.43.